The highest BCUT2D eigenvalue weighted by molar-refractivity contribution is 5.83. The van der Waals surface area contributed by atoms with Crippen molar-refractivity contribution in [1.82, 2.24) is 0 Å². The third-order valence-corrected chi connectivity index (χ3v) is 7.36. The molecule has 0 radical (unpaired) electrons. The van der Waals surface area contributed by atoms with Crippen LogP contribution < -0.4 is 5.43 Å². The van der Waals surface area contributed by atoms with Crippen molar-refractivity contribution in [3.63, 3.8) is 0 Å². The monoisotopic (exact) mass is 310 g/mol. The Bertz CT molecular complexity index is 859. The van der Waals surface area contributed by atoms with E-state index in [9.17, 15) is 9.59 Å². The van der Waals surface area contributed by atoms with Gasteiger partial charge >= 0.3 is 5.97 Å². The fraction of sp³-hybridized carbons (Fsp3) is 0.579. The van der Waals surface area contributed by atoms with Gasteiger partial charge in [-0.2, -0.15) is 0 Å². The van der Waals surface area contributed by atoms with Gasteiger partial charge in [0.2, 0.25) is 0 Å². The Morgan fingerprint density at radius 1 is 1.17 bits per heavy atom. The van der Waals surface area contributed by atoms with Gasteiger partial charge in [-0.05, 0) is 54.2 Å². The molecule has 3 aliphatic heterocycles. The van der Waals surface area contributed by atoms with Crippen molar-refractivity contribution in [2.75, 3.05) is 0 Å². The number of fused-ring (bicyclic) bond motifs is 2. The third-order valence-electron chi connectivity index (χ3n) is 7.36. The minimum atomic E-state index is -0.444. The van der Waals surface area contributed by atoms with Gasteiger partial charge in [0, 0.05) is 17.8 Å². The number of carbonyl (C=O) groups excluding carboxylic acids is 1. The SMILES string of the molecule is Cc1cc(=O)cc2c3c1[C@@H]1OC4C5OC(=O)C(CC2)([C@H]4C)[C@@H]3[C@H]51. The molecule has 1 aromatic rings. The summed E-state index contributed by atoms with van der Waals surface area (Å²) in [6.07, 6.45) is 1.47. The highest BCUT2D eigenvalue weighted by atomic mass is 16.6. The van der Waals surface area contributed by atoms with Gasteiger partial charge in [-0.1, -0.05) is 6.92 Å². The van der Waals surface area contributed by atoms with E-state index in [1.54, 1.807) is 12.1 Å². The van der Waals surface area contributed by atoms with E-state index in [1.807, 2.05) is 6.92 Å². The molecule has 4 fully saturated rings. The minimum Gasteiger partial charge on any atom is -0.459 e. The second-order valence-electron chi connectivity index (χ2n) is 8.00. The maximum absolute atomic E-state index is 12.9. The Hall–Kier alpha value is -1.68. The lowest BCUT2D eigenvalue weighted by Gasteiger charge is -2.57. The van der Waals surface area contributed by atoms with Gasteiger partial charge in [0.25, 0.3) is 0 Å². The number of esters is 1. The van der Waals surface area contributed by atoms with Gasteiger partial charge in [-0.25, -0.2) is 0 Å². The molecule has 4 nitrogen and oxygen atoms in total. The van der Waals surface area contributed by atoms with Gasteiger partial charge in [0.1, 0.15) is 6.10 Å². The molecule has 0 aromatic heterocycles. The zero-order valence-electron chi connectivity index (χ0n) is 13.2. The number of rotatable bonds is 0. The van der Waals surface area contributed by atoms with Crippen LogP contribution in [0.25, 0.3) is 0 Å². The number of hydrogen-bond donors (Lipinski definition) is 0. The molecule has 4 bridgehead atoms. The minimum absolute atomic E-state index is 0.00826. The first-order valence-corrected chi connectivity index (χ1v) is 8.58. The predicted molar refractivity (Wildman–Crippen MR) is 81.1 cm³/mol. The molecule has 3 aliphatic carbocycles. The van der Waals surface area contributed by atoms with Crippen LogP contribution in [0.5, 0.6) is 0 Å². The van der Waals surface area contributed by atoms with E-state index in [-0.39, 0.29) is 47.5 Å². The van der Waals surface area contributed by atoms with Gasteiger partial charge < -0.3 is 9.47 Å². The average Bonchev–Trinajstić information content (AvgIpc) is 2.95. The van der Waals surface area contributed by atoms with Crippen LogP contribution in [0.2, 0.25) is 0 Å². The smallest absolute Gasteiger partial charge is 0.313 e. The summed E-state index contributed by atoms with van der Waals surface area (Å²) in [5, 5.41) is 0. The zero-order valence-corrected chi connectivity index (χ0v) is 13.2. The maximum atomic E-state index is 12.9. The summed E-state index contributed by atoms with van der Waals surface area (Å²) >= 11 is 0. The summed E-state index contributed by atoms with van der Waals surface area (Å²) in [6.45, 7) is 4.17. The van der Waals surface area contributed by atoms with Crippen LogP contribution in [0.1, 0.15) is 47.6 Å². The molecule has 3 saturated heterocycles. The summed E-state index contributed by atoms with van der Waals surface area (Å²) in [7, 11) is 0. The van der Waals surface area contributed by atoms with Crippen molar-refractivity contribution in [3.05, 3.63) is 44.6 Å². The normalized spacial score (nSPS) is 47.0. The lowest BCUT2D eigenvalue weighted by molar-refractivity contribution is -0.215. The molecule has 0 amide bonds. The van der Waals surface area contributed by atoms with Crippen molar-refractivity contribution < 1.29 is 14.3 Å². The van der Waals surface area contributed by atoms with E-state index in [4.69, 9.17) is 9.47 Å². The van der Waals surface area contributed by atoms with Gasteiger partial charge in [-0.3, -0.25) is 9.59 Å². The molecule has 1 spiro atoms. The second kappa shape index (κ2) is 3.54. The Morgan fingerprint density at radius 3 is 2.83 bits per heavy atom. The first kappa shape index (κ1) is 12.7. The van der Waals surface area contributed by atoms with E-state index in [0.717, 1.165) is 24.0 Å². The van der Waals surface area contributed by atoms with Crippen LogP contribution in [-0.2, 0) is 20.7 Å². The molecule has 3 unspecified atom stereocenters. The van der Waals surface area contributed by atoms with Crippen molar-refractivity contribution in [3.8, 4) is 0 Å². The Morgan fingerprint density at radius 2 is 2.00 bits per heavy atom. The standard InChI is InChI=1S/C19H18O4/c1-7-5-10(20)6-9-3-4-19-8(2)15-17(23-18(19)21)13-14(19)12(9)11(7)16(13)22-15/h5-6,8,13-17H,3-4H2,1-2H3/t8-,13-,14-,15?,16-,17?,19?/m0/s1. The van der Waals surface area contributed by atoms with Crippen LogP contribution in [0.4, 0.5) is 0 Å². The van der Waals surface area contributed by atoms with Crippen molar-refractivity contribution in [1.29, 1.82) is 0 Å². The summed E-state index contributed by atoms with van der Waals surface area (Å²) in [5.74, 6) is 0.594. The zero-order chi connectivity index (χ0) is 15.7. The lowest BCUT2D eigenvalue weighted by atomic mass is 9.50. The number of carbonyl (C=O) groups is 1. The number of ether oxygens (including phenoxy) is 2. The van der Waals surface area contributed by atoms with Crippen molar-refractivity contribution in [2.45, 2.75) is 50.9 Å². The van der Waals surface area contributed by atoms with Crippen LogP contribution in [0.3, 0.4) is 0 Å². The molecule has 1 aromatic carbocycles. The first-order valence-electron chi connectivity index (χ1n) is 8.58. The predicted octanol–water partition coefficient (Wildman–Crippen LogP) is 2.02. The van der Waals surface area contributed by atoms with Crippen LogP contribution in [0, 0.1) is 24.2 Å². The highest BCUT2D eigenvalue weighted by Gasteiger charge is 2.76. The number of aryl methyl sites for hydroxylation is 2. The quantitative estimate of drug-likeness (QED) is 0.688. The average molecular weight is 310 g/mol. The molecule has 1 saturated carbocycles. The third kappa shape index (κ3) is 1.11. The van der Waals surface area contributed by atoms with Crippen molar-refractivity contribution in [2.24, 2.45) is 17.3 Å². The van der Waals surface area contributed by atoms with Crippen molar-refractivity contribution >= 4 is 5.97 Å². The fourth-order valence-electron chi connectivity index (χ4n) is 6.56. The van der Waals surface area contributed by atoms with E-state index in [0.29, 0.717) is 0 Å². The largest absolute Gasteiger partial charge is 0.459 e. The van der Waals surface area contributed by atoms with Crippen LogP contribution >= 0.6 is 0 Å². The Kier molecular flexibility index (Phi) is 1.95. The van der Waals surface area contributed by atoms with Gasteiger partial charge in [-0.15, -0.1) is 0 Å². The second-order valence-corrected chi connectivity index (χ2v) is 8.00. The molecular weight excluding hydrogens is 292 g/mol. The molecule has 7 atom stereocenters. The molecule has 0 N–H and O–H groups in total. The van der Waals surface area contributed by atoms with Crippen LogP contribution in [0.15, 0.2) is 16.9 Å². The molecule has 23 heavy (non-hydrogen) atoms. The topological polar surface area (TPSA) is 52.6 Å². The Balaban J connectivity index is 1.78. The summed E-state index contributed by atoms with van der Waals surface area (Å²) < 4.78 is 12.3. The highest BCUT2D eigenvalue weighted by Crippen LogP contribution is 2.73. The van der Waals surface area contributed by atoms with E-state index < -0.39 is 5.41 Å². The van der Waals surface area contributed by atoms with E-state index >= 15 is 0 Å². The van der Waals surface area contributed by atoms with Gasteiger partial charge in [0.15, 0.2) is 5.43 Å². The lowest BCUT2D eigenvalue weighted by Crippen LogP contribution is -2.64. The van der Waals surface area contributed by atoms with Gasteiger partial charge in [0.05, 0.1) is 17.6 Å². The first-order chi connectivity index (χ1) is 11.0. The molecule has 6 aliphatic rings. The molecule has 118 valence electrons. The Labute approximate surface area is 133 Å². The van der Waals surface area contributed by atoms with E-state index in [1.165, 1.54) is 11.1 Å². The summed E-state index contributed by atoms with van der Waals surface area (Å²) in [6, 6.07) is 3.52. The molecule has 3 heterocycles. The maximum Gasteiger partial charge on any atom is 0.313 e. The molecular formula is C19H18O4. The van der Waals surface area contributed by atoms with E-state index in [2.05, 4.69) is 6.92 Å². The fourth-order valence-corrected chi connectivity index (χ4v) is 6.56. The molecule has 7 rings (SSSR count). The van der Waals surface area contributed by atoms with Crippen LogP contribution in [-0.4, -0.2) is 18.2 Å². The summed E-state index contributed by atoms with van der Waals surface area (Å²) in [5.41, 5.74) is 4.19. The molecule has 4 heteroatoms. The summed E-state index contributed by atoms with van der Waals surface area (Å²) in [4.78, 5) is 25.0. The number of hydrogen-bond acceptors (Lipinski definition) is 4.